The van der Waals surface area contributed by atoms with Gasteiger partial charge in [0.25, 0.3) is 0 Å². The Morgan fingerprint density at radius 2 is 1.31 bits per heavy atom. The van der Waals surface area contributed by atoms with E-state index in [4.69, 9.17) is 0 Å². The first-order chi connectivity index (χ1) is 14.1. The number of carbonyl (C=O) groups is 3. The van der Waals surface area contributed by atoms with Gasteiger partial charge in [0.2, 0.25) is 17.7 Å². The van der Waals surface area contributed by atoms with E-state index in [1.54, 1.807) is 4.90 Å². The van der Waals surface area contributed by atoms with Gasteiger partial charge in [-0.15, -0.1) is 0 Å². The SMILES string of the molecule is O=C1C2C3C=CC(C3)C2C(=O)N1CCC(=O)N(c1ccccc1)c1ccccc1. The van der Waals surface area contributed by atoms with Gasteiger partial charge in [0.1, 0.15) is 0 Å². The molecule has 3 amide bonds. The van der Waals surface area contributed by atoms with Crippen LogP contribution in [0.3, 0.4) is 0 Å². The van der Waals surface area contributed by atoms with E-state index in [-0.39, 0.29) is 54.4 Å². The Hall–Kier alpha value is -3.21. The maximum Gasteiger partial charge on any atom is 0.233 e. The van der Waals surface area contributed by atoms with E-state index in [9.17, 15) is 14.4 Å². The molecular weight excluding hydrogens is 364 g/mol. The molecule has 5 rings (SSSR count). The van der Waals surface area contributed by atoms with Crippen molar-refractivity contribution in [3.63, 3.8) is 0 Å². The maximum atomic E-state index is 13.2. The molecule has 1 heterocycles. The van der Waals surface area contributed by atoms with Crippen LogP contribution < -0.4 is 4.90 Å². The van der Waals surface area contributed by atoms with Crippen LogP contribution in [0.4, 0.5) is 11.4 Å². The zero-order valence-electron chi connectivity index (χ0n) is 16.0. The van der Waals surface area contributed by atoms with E-state index in [1.165, 1.54) is 4.90 Å². The zero-order chi connectivity index (χ0) is 20.0. The van der Waals surface area contributed by atoms with E-state index in [1.807, 2.05) is 60.7 Å². The highest BCUT2D eigenvalue weighted by atomic mass is 16.2. The molecule has 1 aliphatic heterocycles. The van der Waals surface area contributed by atoms with Crippen LogP contribution in [-0.4, -0.2) is 29.2 Å². The molecule has 1 saturated heterocycles. The Bertz CT molecular complexity index is 916. The minimum atomic E-state index is -0.216. The van der Waals surface area contributed by atoms with Crippen LogP contribution in [0.5, 0.6) is 0 Å². The highest BCUT2D eigenvalue weighted by Gasteiger charge is 2.59. The highest BCUT2D eigenvalue weighted by molar-refractivity contribution is 6.07. The van der Waals surface area contributed by atoms with Gasteiger partial charge in [-0.3, -0.25) is 24.2 Å². The molecule has 5 nitrogen and oxygen atoms in total. The number of hydrogen-bond donors (Lipinski definition) is 0. The second-order valence-electron chi connectivity index (χ2n) is 7.98. The molecule has 1 saturated carbocycles. The summed E-state index contributed by atoms with van der Waals surface area (Å²) in [5.74, 6) is -0.397. The van der Waals surface area contributed by atoms with Crippen molar-refractivity contribution in [2.75, 3.05) is 11.4 Å². The summed E-state index contributed by atoms with van der Waals surface area (Å²) in [4.78, 5) is 41.9. The fourth-order valence-corrected chi connectivity index (χ4v) is 5.09. The van der Waals surface area contributed by atoms with Gasteiger partial charge >= 0.3 is 0 Å². The average Bonchev–Trinajstić information content (AvgIpc) is 3.43. The second kappa shape index (κ2) is 6.99. The van der Waals surface area contributed by atoms with Gasteiger partial charge in [0.15, 0.2) is 0 Å². The summed E-state index contributed by atoms with van der Waals surface area (Å²) in [6.07, 6.45) is 5.18. The number of carbonyl (C=O) groups excluding carboxylic acids is 3. The molecule has 146 valence electrons. The van der Waals surface area contributed by atoms with Crippen molar-refractivity contribution in [1.82, 2.24) is 4.90 Å². The molecule has 0 N–H and O–H groups in total. The van der Waals surface area contributed by atoms with Crippen molar-refractivity contribution in [1.29, 1.82) is 0 Å². The van der Waals surface area contributed by atoms with E-state index in [0.717, 1.165) is 17.8 Å². The van der Waals surface area contributed by atoms with Crippen LogP contribution in [0.25, 0.3) is 0 Å². The monoisotopic (exact) mass is 386 g/mol. The summed E-state index contributed by atoms with van der Waals surface area (Å²) in [7, 11) is 0. The standard InChI is InChI=1S/C24H22N2O3/c27-20(26(18-7-3-1-4-8-18)19-9-5-2-6-10-19)13-14-25-23(28)21-16-11-12-17(15-16)22(21)24(25)29/h1-12,16-17,21-22H,13-15H2. The highest BCUT2D eigenvalue weighted by Crippen LogP contribution is 2.52. The van der Waals surface area contributed by atoms with Crippen molar-refractivity contribution in [3.05, 3.63) is 72.8 Å². The van der Waals surface area contributed by atoms with E-state index in [0.29, 0.717) is 0 Å². The minimum Gasteiger partial charge on any atom is -0.282 e. The van der Waals surface area contributed by atoms with Crippen LogP contribution in [0.2, 0.25) is 0 Å². The number of rotatable bonds is 5. The number of likely N-dealkylation sites (tertiary alicyclic amines) is 1. The lowest BCUT2D eigenvalue weighted by Crippen LogP contribution is -2.37. The summed E-state index contributed by atoms with van der Waals surface area (Å²) in [6.45, 7) is 0.138. The summed E-state index contributed by atoms with van der Waals surface area (Å²) in [5, 5.41) is 0. The van der Waals surface area contributed by atoms with Crippen molar-refractivity contribution in [2.24, 2.45) is 23.7 Å². The Kier molecular flexibility index (Phi) is 4.31. The first-order valence-corrected chi connectivity index (χ1v) is 10.1. The Labute approximate surface area is 169 Å². The van der Waals surface area contributed by atoms with Crippen LogP contribution in [-0.2, 0) is 14.4 Å². The summed E-state index contributed by atoms with van der Waals surface area (Å²) in [5.41, 5.74) is 1.53. The molecule has 29 heavy (non-hydrogen) atoms. The van der Waals surface area contributed by atoms with E-state index >= 15 is 0 Å². The van der Waals surface area contributed by atoms with Crippen LogP contribution in [0.1, 0.15) is 12.8 Å². The molecule has 2 aliphatic carbocycles. The van der Waals surface area contributed by atoms with Gasteiger partial charge in [0.05, 0.1) is 11.8 Å². The summed E-state index contributed by atoms with van der Waals surface area (Å²) < 4.78 is 0. The fourth-order valence-electron chi connectivity index (χ4n) is 5.09. The number of nitrogens with zero attached hydrogens (tertiary/aromatic N) is 2. The maximum absolute atomic E-state index is 13.2. The fraction of sp³-hybridized carbons (Fsp3) is 0.292. The molecule has 2 aromatic carbocycles. The number of hydrogen-bond acceptors (Lipinski definition) is 3. The zero-order valence-corrected chi connectivity index (χ0v) is 16.0. The number of para-hydroxylation sites is 2. The third-order valence-corrected chi connectivity index (χ3v) is 6.39. The predicted octanol–water partition coefficient (Wildman–Crippen LogP) is 3.55. The van der Waals surface area contributed by atoms with Crippen LogP contribution in [0, 0.1) is 23.7 Å². The smallest absolute Gasteiger partial charge is 0.233 e. The van der Waals surface area contributed by atoms with Gasteiger partial charge in [-0.2, -0.15) is 0 Å². The minimum absolute atomic E-state index is 0.101. The predicted molar refractivity (Wildman–Crippen MR) is 109 cm³/mol. The lowest BCUT2D eigenvalue weighted by Gasteiger charge is -2.24. The number of amides is 3. The largest absolute Gasteiger partial charge is 0.282 e. The molecule has 5 heteroatoms. The Morgan fingerprint density at radius 1 is 0.828 bits per heavy atom. The number of anilines is 2. The topological polar surface area (TPSA) is 57.7 Å². The molecule has 0 spiro atoms. The Morgan fingerprint density at radius 3 is 1.79 bits per heavy atom. The molecule has 4 atom stereocenters. The second-order valence-corrected chi connectivity index (χ2v) is 7.98. The molecular formula is C24H22N2O3. The van der Waals surface area contributed by atoms with Crippen molar-refractivity contribution < 1.29 is 14.4 Å². The number of imide groups is 1. The average molecular weight is 386 g/mol. The molecule has 3 aliphatic rings. The molecule has 2 aromatic rings. The molecule has 2 bridgehead atoms. The van der Waals surface area contributed by atoms with E-state index < -0.39 is 0 Å². The first-order valence-electron chi connectivity index (χ1n) is 10.1. The lowest BCUT2D eigenvalue weighted by atomic mass is 9.85. The van der Waals surface area contributed by atoms with Gasteiger partial charge < -0.3 is 0 Å². The van der Waals surface area contributed by atoms with Crippen molar-refractivity contribution in [3.8, 4) is 0 Å². The first kappa shape index (κ1) is 17.9. The molecule has 0 radical (unpaired) electrons. The number of allylic oxidation sites excluding steroid dienone is 2. The summed E-state index contributed by atoms with van der Waals surface area (Å²) >= 11 is 0. The third-order valence-electron chi connectivity index (χ3n) is 6.39. The third kappa shape index (κ3) is 2.89. The lowest BCUT2D eigenvalue weighted by molar-refractivity contribution is -0.140. The van der Waals surface area contributed by atoms with Crippen LogP contribution >= 0.6 is 0 Å². The van der Waals surface area contributed by atoms with Gasteiger partial charge in [0, 0.05) is 24.3 Å². The van der Waals surface area contributed by atoms with Gasteiger partial charge in [-0.05, 0) is 42.5 Å². The molecule has 2 fully saturated rings. The molecule has 0 aromatic heterocycles. The van der Waals surface area contributed by atoms with Crippen LogP contribution in [0.15, 0.2) is 72.8 Å². The summed E-state index contributed by atoms with van der Waals surface area (Å²) in [6, 6.07) is 18.9. The quantitative estimate of drug-likeness (QED) is 0.583. The normalized spacial score (nSPS) is 26.8. The van der Waals surface area contributed by atoms with Crippen molar-refractivity contribution >= 4 is 29.1 Å². The number of fused-ring (bicyclic) bond motifs is 5. The van der Waals surface area contributed by atoms with Gasteiger partial charge in [-0.25, -0.2) is 0 Å². The van der Waals surface area contributed by atoms with Gasteiger partial charge in [-0.1, -0.05) is 48.6 Å². The Balaban J connectivity index is 1.34. The number of benzene rings is 2. The molecule has 4 unspecified atom stereocenters. The van der Waals surface area contributed by atoms with E-state index in [2.05, 4.69) is 12.2 Å². The van der Waals surface area contributed by atoms with Crippen molar-refractivity contribution in [2.45, 2.75) is 12.8 Å².